The van der Waals surface area contributed by atoms with Crippen molar-refractivity contribution in [1.82, 2.24) is 15.1 Å². The Labute approximate surface area is 108 Å². The molecule has 90 valence electrons. The molecule has 0 aliphatic rings. The van der Waals surface area contributed by atoms with E-state index in [0.717, 1.165) is 17.7 Å². The van der Waals surface area contributed by atoms with E-state index in [9.17, 15) is 4.39 Å². The molecule has 2 rings (SSSR count). The van der Waals surface area contributed by atoms with Crippen LogP contribution in [0.4, 0.5) is 4.39 Å². The van der Waals surface area contributed by atoms with Gasteiger partial charge in [-0.3, -0.25) is 4.68 Å². The lowest BCUT2D eigenvalue weighted by atomic mass is 10.2. The molecule has 0 radical (unpaired) electrons. The van der Waals surface area contributed by atoms with Crippen LogP contribution in [0, 0.1) is 5.82 Å². The van der Waals surface area contributed by atoms with Gasteiger partial charge in [0.25, 0.3) is 0 Å². The zero-order valence-electron chi connectivity index (χ0n) is 9.45. The van der Waals surface area contributed by atoms with E-state index in [4.69, 9.17) is 0 Å². The van der Waals surface area contributed by atoms with E-state index in [2.05, 4.69) is 26.3 Å². The number of nitrogens with one attached hydrogen (secondary N) is 1. The number of hydrogen-bond donors (Lipinski definition) is 1. The maximum atomic E-state index is 13.2. The van der Waals surface area contributed by atoms with Gasteiger partial charge in [-0.1, -0.05) is 6.07 Å². The number of halogens is 2. The molecule has 0 atom stereocenters. The average Bonchev–Trinajstić information content (AvgIpc) is 2.70. The van der Waals surface area contributed by atoms with Crippen molar-refractivity contribution >= 4 is 15.9 Å². The molecule has 0 aliphatic heterocycles. The fourth-order valence-corrected chi connectivity index (χ4v) is 1.81. The van der Waals surface area contributed by atoms with E-state index in [0.29, 0.717) is 11.0 Å². The summed E-state index contributed by atoms with van der Waals surface area (Å²) in [6.07, 6.45) is 3.77. The summed E-state index contributed by atoms with van der Waals surface area (Å²) >= 11 is 3.13. The molecule has 2 aromatic rings. The first-order valence-corrected chi connectivity index (χ1v) is 6.06. The summed E-state index contributed by atoms with van der Waals surface area (Å²) in [4.78, 5) is 0. The second-order valence-electron chi connectivity index (χ2n) is 3.87. The first-order valence-electron chi connectivity index (χ1n) is 5.27. The topological polar surface area (TPSA) is 29.9 Å². The third kappa shape index (κ3) is 3.38. The Kier molecular flexibility index (Phi) is 3.91. The second-order valence-corrected chi connectivity index (χ2v) is 4.73. The number of aromatic nitrogens is 2. The fraction of sp³-hybridized carbons (Fsp3) is 0.250. The van der Waals surface area contributed by atoms with Crippen LogP contribution in [0.5, 0.6) is 0 Å². The van der Waals surface area contributed by atoms with Gasteiger partial charge in [-0.2, -0.15) is 5.10 Å². The highest BCUT2D eigenvalue weighted by Crippen LogP contribution is 2.16. The van der Waals surface area contributed by atoms with Crippen LogP contribution in [0.2, 0.25) is 0 Å². The zero-order valence-corrected chi connectivity index (χ0v) is 11.0. The fourth-order valence-electron chi connectivity index (χ4n) is 1.56. The molecule has 1 aromatic heterocycles. The highest BCUT2D eigenvalue weighted by atomic mass is 79.9. The van der Waals surface area contributed by atoms with Gasteiger partial charge >= 0.3 is 0 Å². The summed E-state index contributed by atoms with van der Waals surface area (Å²) in [6, 6.07) is 5.14. The molecular formula is C12H13BrFN3. The quantitative estimate of drug-likeness (QED) is 0.940. The predicted octanol–water partition coefficient (Wildman–Crippen LogP) is 2.61. The Morgan fingerprint density at radius 1 is 1.35 bits per heavy atom. The van der Waals surface area contributed by atoms with Crippen LogP contribution in [0.15, 0.2) is 35.1 Å². The van der Waals surface area contributed by atoms with Crippen molar-refractivity contribution in [1.29, 1.82) is 0 Å². The summed E-state index contributed by atoms with van der Waals surface area (Å²) in [5.41, 5.74) is 2.04. The van der Waals surface area contributed by atoms with E-state index in [-0.39, 0.29) is 5.82 Å². The monoisotopic (exact) mass is 297 g/mol. The van der Waals surface area contributed by atoms with Crippen LogP contribution in [-0.4, -0.2) is 9.78 Å². The average molecular weight is 298 g/mol. The van der Waals surface area contributed by atoms with Crippen molar-refractivity contribution in [3.63, 3.8) is 0 Å². The SMILES string of the molecule is Cn1cc(CNCc2ccc(Br)c(F)c2)cn1. The number of aryl methyl sites for hydroxylation is 1. The van der Waals surface area contributed by atoms with E-state index in [1.165, 1.54) is 6.07 Å². The molecule has 17 heavy (non-hydrogen) atoms. The molecule has 0 fully saturated rings. The highest BCUT2D eigenvalue weighted by molar-refractivity contribution is 9.10. The van der Waals surface area contributed by atoms with Crippen molar-refractivity contribution in [2.24, 2.45) is 7.05 Å². The van der Waals surface area contributed by atoms with Crippen LogP contribution in [0.1, 0.15) is 11.1 Å². The van der Waals surface area contributed by atoms with Crippen molar-refractivity contribution in [3.8, 4) is 0 Å². The molecule has 0 spiro atoms. The van der Waals surface area contributed by atoms with Gasteiger partial charge in [0.2, 0.25) is 0 Å². The van der Waals surface area contributed by atoms with Gasteiger partial charge in [0.15, 0.2) is 0 Å². The lowest BCUT2D eigenvalue weighted by molar-refractivity contribution is 0.614. The number of hydrogen-bond acceptors (Lipinski definition) is 2. The van der Waals surface area contributed by atoms with E-state index >= 15 is 0 Å². The van der Waals surface area contributed by atoms with Gasteiger partial charge < -0.3 is 5.32 Å². The minimum absolute atomic E-state index is 0.231. The molecule has 1 aromatic carbocycles. The number of benzene rings is 1. The molecular weight excluding hydrogens is 285 g/mol. The van der Waals surface area contributed by atoms with Crippen LogP contribution < -0.4 is 5.32 Å². The van der Waals surface area contributed by atoms with Crippen molar-refractivity contribution in [2.75, 3.05) is 0 Å². The van der Waals surface area contributed by atoms with Crippen LogP contribution in [0.3, 0.4) is 0 Å². The van der Waals surface area contributed by atoms with Gasteiger partial charge in [-0.25, -0.2) is 4.39 Å². The first-order chi connectivity index (χ1) is 8.15. The summed E-state index contributed by atoms with van der Waals surface area (Å²) in [7, 11) is 1.88. The molecule has 0 aliphatic carbocycles. The third-order valence-corrected chi connectivity index (χ3v) is 3.04. The van der Waals surface area contributed by atoms with Crippen LogP contribution in [0.25, 0.3) is 0 Å². The van der Waals surface area contributed by atoms with Gasteiger partial charge in [0.05, 0.1) is 10.7 Å². The third-order valence-electron chi connectivity index (χ3n) is 2.40. The maximum Gasteiger partial charge on any atom is 0.137 e. The van der Waals surface area contributed by atoms with E-state index < -0.39 is 0 Å². The first kappa shape index (κ1) is 12.3. The number of nitrogens with zero attached hydrogens (tertiary/aromatic N) is 2. The van der Waals surface area contributed by atoms with Crippen molar-refractivity contribution in [2.45, 2.75) is 13.1 Å². The van der Waals surface area contributed by atoms with Gasteiger partial charge in [0, 0.05) is 31.9 Å². The van der Waals surface area contributed by atoms with Crippen LogP contribution in [-0.2, 0) is 20.1 Å². The standard InChI is InChI=1S/C12H13BrFN3/c1-17-8-10(7-16-17)6-15-5-9-2-3-11(13)12(14)4-9/h2-4,7-8,15H,5-6H2,1H3. The van der Waals surface area contributed by atoms with E-state index in [1.807, 2.05) is 25.5 Å². The van der Waals surface area contributed by atoms with Crippen molar-refractivity contribution < 1.29 is 4.39 Å². The Morgan fingerprint density at radius 2 is 2.12 bits per heavy atom. The molecule has 0 amide bonds. The lowest BCUT2D eigenvalue weighted by Gasteiger charge is -2.04. The van der Waals surface area contributed by atoms with Gasteiger partial charge in [-0.15, -0.1) is 0 Å². The molecule has 0 saturated heterocycles. The Balaban J connectivity index is 1.87. The molecule has 0 saturated carbocycles. The minimum atomic E-state index is -0.231. The summed E-state index contributed by atoms with van der Waals surface area (Å²) in [5, 5.41) is 7.32. The summed E-state index contributed by atoms with van der Waals surface area (Å²) < 4.78 is 15.5. The molecule has 1 N–H and O–H groups in total. The number of rotatable bonds is 4. The maximum absolute atomic E-state index is 13.2. The summed E-state index contributed by atoms with van der Waals surface area (Å²) in [6.45, 7) is 1.37. The smallest absolute Gasteiger partial charge is 0.137 e. The van der Waals surface area contributed by atoms with E-state index in [1.54, 1.807) is 10.7 Å². The zero-order chi connectivity index (χ0) is 12.3. The Bertz CT molecular complexity index is 510. The summed E-state index contributed by atoms with van der Waals surface area (Å²) in [5.74, 6) is -0.231. The van der Waals surface area contributed by atoms with Crippen LogP contribution >= 0.6 is 15.9 Å². The van der Waals surface area contributed by atoms with Gasteiger partial charge in [-0.05, 0) is 33.6 Å². The Hall–Kier alpha value is -1.20. The largest absolute Gasteiger partial charge is 0.309 e. The molecule has 0 bridgehead atoms. The molecule has 1 heterocycles. The second kappa shape index (κ2) is 5.42. The minimum Gasteiger partial charge on any atom is -0.309 e. The normalized spacial score (nSPS) is 10.8. The molecule has 5 heteroatoms. The Morgan fingerprint density at radius 3 is 2.76 bits per heavy atom. The molecule has 0 unspecified atom stereocenters. The lowest BCUT2D eigenvalue weighted by Crippen LogP contribution is -2.12. The van der Waals surface area contributed by atoms with Crippen molar-refractivity contribution in [3.05, 3.63) is 52.0 Å². The highest BCUT2D eigenvalue weighted by Gasteiger charge is 2.01. The predicted molar refractivity (Wildman–Crippen MR) is 67.9 cm³/mol. The molecule has 3 nitrogen and oxygen atoms in total. The van der Waals surface area contributed by atoms with Gasteiger partial charge in [0.1, 0.15) is 5.82 Å².